The first-order valence-electron chi connectivity index (χ1n) is 4.93. The topological polar surface area (TPSA) is 20.2 Å². The lowest BCUT2D eigenvalue weighted by atomic mass is 9.93. The summed E-state index contributed by atoms with van der Waals surface area (Å²) >= 11 is 0. The molecule has 0 aliphatic heterocycles. The number of benzene rings is 1. The molecule has 0 radical (unpaired) electrons. The second-order valence-corrected chi connectivity index (χ2v) is 3.71. The van der Waals surface area contributed by atoms with E-state index in [1.54, 1.807) is 0 Å². The van der Waals surface area contributed by atoms with Gasteiger partial charge in [0.1, 0.15) is 0 Å². The van der Waals surface area contributed by atoms with Gasteiger partial charge in [0.15, 0.2) is 0 Å². The minimum absolute atomic E-state index is 0.307. The van der Waals surface area contributed by atoms with Crippen molar-refractivity contribution in [2.45, 2.75) is 39.2 Å². The van der Waals surface area contributed by atoms with Gasteiger partial charge in [-0.3, -0.25) is 0 Å². The van der Waals surface area contributed by atoms with Gasteiger partial charge >= 0.3 is 0 Å². The molecule has 1 N–H and O–H groups in total. The van der Waals surface area contributed by atoms with Gasteiger partial charge in [0.25, 0.3) is 0 Å². The van der Waals surface area contributed by atoms with Crippen molar-refractivity contribution in [3.8, 4) is 0 Å². The Hall–Kier alpha value is -0.820. The van der Waals surface area contributed by atoms with Gasteiger partial charge in [-0.05, 0) is 23.5 Å². The number of aliphatic hydroxyl groups is 1. The first kappa shape index (κ1) is 10.3. The van der Waals surface area contributed by atoms with Gasteiger partial charge in [0.2, 0.25) is 0 Å². The van der Waals surface area contributed by atoms with Crippen LogP contribution in [0.15, 0.2) is 24.3 Å². The third-order valence-electron chi connectivity index (χ3n) is 2.36. The van der Waals surface area contributed by atoms with Crippen LogP contribution in [0.3, 0.4) is 0 Å². The van der Waals surface area contributed by atoms with Crippen molar-refractivity contribution in [2.75, 3.05) is 0 Å². The number of hydrogen-bond donors (Lipinski definition) is 1. The summed E-state index contributed by atoms with van der Waals surface area (Å²) in [6, 6.07) is 8.13. The Morgan fingerprint density at radius 3 is 2.15 bits per heavy atom. The number of aliphatic hydroxyl groups excluding tert-OH is 1. The first-order chi connectivity index (χ1) is 6.16. The van der Waals surface area contributed by atoms with Crippen molar-refractivity contribution >= 4 is 0 Å². The standard InChI is InChI=1S/C12H18O/c1-4-12(13)11-8-6-5-7-10(11)9(2)3/h5-9,12-13H,4H2,1-3H3/t12-/m0/s1. The van der Waals surface area contributed by atoms with Crippen LogP contribution in [-0.2, 0) is 0 Å². The van der Waals surface area contributed by atoms with Crippen LogP contribution in [0.2, 0.25) is 0 Å². The summed E-state index contributed by atoms with van der Waals surface area (Å²) in [4.78, 5) is 0. The Balaban J connectivity index is 3.04. The van der Waals surface area contributed by atoms with E-state index in [0.29, 0.717) is 5.92 Å². The summed E-state index contributed by atoms with van der Waals surface area (Å²) in [6.07, 6.45) is 0.475. The van der Waals surface area contributed by atoms with Gasteiger partial charge < -0.3 is 5.11 Å². The molecule has 0 heterocycles. The van der Waals surface area contributed by atoms with E-state index in [-0.39, 0.29) is 6.10 Å². The zero-order valence-electron chi connectivity index (χ0n) is 8.62. The molecule has 0 aliphatic carbocycles. The highest BCUT2D eigenvalue weighted by Gasteiger charge is 2.11. The molecule has 0 aromatic heterocycles. The van der Waals surface area contributed by atoms with Crippen LogP contribution in [0.4, 0.5) is 0 Å². The van der Waals surface area contributed by atoms with E-state index in [4.69, 9.17) is 0 Å². The van der Waals surface area contributed by atoms with Crippen molar-refractivity contribution in [1.29, 1.82) is 0 Å². The van der Waals surface area contributed by atoms with Crippen LogP contribution < -0.4 is 0 Å². The second kappa shape index (κ2) is 4.43. The highest BCUT2D eigenvalue weighted by atomic mass is 16.3. The van der Waals surface area contributed by atoms with Crippen LogP contribution in [0.5, 0.6) is 0 Å². The molecular formula is C12H18O. The summed E-state index contributed by atoms with van der Waals surface area (Å²) in [7, 11) is 0. The van der Waals surface area contributed by atoms with Gasteiger partial charge in [-0.1, -0.05) is 45.0 Å². The van der Waals surface area contributed by atoms with Gasteiger partial charge in [-0.2, -0.15) is 0 Å². The molecule has 0 unspecified atom stereocenters. The molecule has 0 saturated heterocycles. The Morgan fingerprint density at radius 1 is 1.15 bits per heavy atom. The summed E-state index contributed by atoms with van der Waals surface area (Å²) in [5.74, 6) is 0.484. The molecule has 1 nitrogen and oxygen atoms in total. The largest absolute Gasteiger partial charge is 0.388 e. The van der Waals surface area contributed by atoms with Crippen molar-refractivity contribution in [1.82, 2.24) is 0 Å². The maximum Gasteiger partial charge on any atom is 0.0790 e. The average molecular weight is 178 g/mol. The summed E-state index contributed by atoms with van der Waals surface area (Å²) in [5.41, 5.74) is 2.34. The predicted octanol–water partition coefficient (Wildman–Crippen LogP) is 3.25. The maximum absolute atomic E-state index is 9.76. The zero-order valence-corrected chi connectivity index (χ0v) is 8.62. The average Bonchev–Trinajstić information content (AvgIpc) is 2.16. The van der Waals surface area contributed by atoms with Gasteiger partial charge in [-0.15, -0.1) is 0 Å². The summed E-state index contributed by atoms with van der Waals surface area (Å²) in [6.45, 7) is 6.31. The van der Waals surface area contributed by atoms with Crippen LogP contribution in [-0.4, -0.2) is 5.11 Å². The predicted molar refractivity (Wildman–Crippen MR) is 55.8 cm³/mol. The lowest BCUT2D eigenvalue weighted by molar-refractivity contribution is 0.172. The molecule has 1 rings (SSSR count). The molecule has 0 aliphatic rings. The molecule has 0 bridgehead atoms. The number of rotatable bonds is 3. The van der Waals surface area contributed by atoms with Crippen molar-refractivity contribution in [3.63, 3.8) is 0 Å². The van der Waals surface area contributed by atoms with E-state index in [1.165, 1.54) is 5.56 Å². The van der Waals surface area contributed by atoms with E-state index < -0.39 is 0 Å². The Labute approximate surface area is 80.4 Å². The van der Waals surface area contributed by atoms with Gasteiger partial charge in [0, 0.05) is 0 Å². The van der Waals surface area contributed by atoms with Gasteiger partial charge in [-0.25, -0.2) is 0 Å². The molecule has 1 aromatic carbocycles. The Bertz CT molecular complexity index is 266. The van der Waals surface area contributed by atoms with E-state index in [0.717, 1.165) is 12.0 Å². The smallest absolute Gasteiger partial charge is 0.0790 e. The van der Waals surface area contributed by atoms with Crippen molar-refractivity contribution in [2.24, 2.45) is 0 Å². The molecule has 72 valence electrons. The van der Waals surface area contributed by atoms with E-state index in [1.807, 2.05) is 25.1 Å². The lowest BCUT2D eigenvalue weighted by Crippen LogP contribution is -2.01. The first-order valence-corrected chi connectivity index (χ1v) is 4.93. The van der Waals surface area contributed by atoms with Crippen LogP contribution >= 0.6 is 0 Å². The molecular weight excluding hydrogens is 160 g/mol. The van der Waals surface area contributed by atoms with Gasteiger partial charge in [0.05, 0.1) is 6.10 Å². The molecule has 0 amide bonds. The molecule has 13 heavy (non-hydrogen) atoms. The normalized spacial score (nSPS) is 13.3. The van der Waals surface area contributed by atoms with Crippen molar-refractivity contribution in [3.05, 3.63) is 35.4 Å². The van der Waals surface area contributed by atoms with E-state index in [2.05, 4.69) is 19.9 Å². The fourth-order valence-corrected chi connectivity index (χ4v) is 1.56. The van der Waals surface area contributed by atoms with Crippen molar-refractivity contribution < 1.29 is 5.11 Å². The zero-order chi connectivity index (χ0) is 9.84. The molecule has 1 atom stereocenters. The Kier molecular flexibility index (Phi) is 3.49. The highest BCUT2D eigenvalue weighted by Crippen LogP contribution is 2.26. The SMILES string of the molecule is CC[C@H](O)c1ccccc1C(C)C. The fraction of sp³-hybridized carbons (Fsp3) is 0.500. The fourth-order valence-electron chi connectivity index (χ4n) is 1.56. The highest BCUT2D eigenvalue weighted by molar-refractivity contribution is 5.31. The molecule has 1 heteroatoms. The molecule has 0 fully saturated rings. The van der Waals surface area contributed by atoms with Crippen LogP contribution in [0.1, 0.15) is 50.3 Å². The van der Waals surface area contributed by atoms with Crippen LogP contribution in [0.25, 0.3) is 0 Å². The monoisotopic (exact) mass is 178 g/mol. The second-order valence-electron chi connectivity index (χ2n) is 3.71. The van der Waals surface area contributed by atoms with Crippen LogP contribution in [0, 0.1) is 0 Å². The lowest BCUT2D eigenvalue weighted by Gasteiger charge is -2.16. The molecule has 1 aromatic rings. The third kappa shape index (κ3) is 2.31. The quantitative estimate of drug-likeness (QED) is 0.753. The summed E-state index contributed by atoms with van der Waals surface area (Å²) in [5, 5.41) is 9.76. The molecule has 0 saturated carbocycles. The number of hydrogen-bond acceptors (Lipinski definition) is 1. The minimum Gasteiger partial charge on any atom is -0.388 e. The van der Waals surface area contributed by atoms with E-state index in [9.17, 15) is 5.11 Å². The third-order valence-corrected chi connectivity index (χ3v) is 2.36. The summed E-state index contributed by atoms with van der Waals surface area (Å²) < 4.78 is 0. The molecule has 0 spiro atoms. The minimum atomic E-state index is -0.307. The van der Waals surface area contributed by atoms with E-state index >= 15 is 0 Å². The Morgan fingerprint density at radius 2 is 1.69 bits per heavy atom. The maximum atomic E-state index is 9.76.